The van der Waals surface area contributed by atoms with Crippen LogP contribution in [-0.2, 0) is 6.42 Å². The first-order chi connectivity index (χ1) is 9.08. The first-order valence-corrected chi connectivity index (χ1v) is 6.90. The molecule has 0 aliphatic carbocycles. The molecule has 19 heavy (non-hydrogen) atoms. The van der Waals surface area contributed by atoms with E-state index in [0.717, 1.165) is 29.9 Å². The normalized spacial score (nSPS) is 10.5. The van der Waals surface area contributed by atoms with Crippen molar-refractivity contribution < 1.29 is 0 Å². The molecular weight excluding hydrogens is 281 g/mol. The van der Waals surface area contributed by atoms with Crippen molar-refractivity contribution in [3.63, 3.8) is 0 Å². The second kappa shape index (κ2) is 6.22. The molecule has 3 nitrogen and oxygen atoms in total. The van der Waals surface area contributed by atoms with Gasteiger partial charge in [-0.3, -0.25) is 0 Å². The van der Waals surface area contributed by atoms with Crippen molar-refractivity contribution in [3.8, 4) is 0 Å². The van der Waals surface area contributed by atoms with Gasteiger partial charge >= 0.3 is 0 Å². The van der Waals surface area contributed by atoms with Crippen molar-refractivity contribution in [1.82, 2.24) is 9.97 Å². The van der Waals surface area contributed by atoms with E-state index in [2.05, 4.69) is 22.2 Å². The van der Waals surface area contributed by atoms with Gasteiger partial charge in [0.2, 0.25) is 0 Å². The molecule has 2 rings (SSSR count). The topological polar surface area (TPSA) is 37.8 Å². The molecule has 1 N–H and O–H groups in total. The Kier molecular flexibility index (Phi) is 4.61. The lowest BCUT2D eigenvalue weighted by Crippen LogP contribution is -2.01. The van der Waals surface area contributed by atoms with Crippen LogP contribution in [0.15, 0.2) is 24.3 Å². The average Bonchev–Trinajstić information content (AvgIpc) is 2.33. The maximum absolute atomic E-state index is 6.01. The zero-order valence-electron chi connectivity index (χ0n) is 10.9. The average molecular weight is 296 g/mol. The molecule has 0 fully saturated rings. The monoisotopic (exact) mass is 295 g/mol. The highest BCUT2D eigenvalue weighted by molar-refractivity contribution is 6.31. The summed E-state index contributed by atoms with van der Waals surface area (Å²) < 4.78 is 0. The largest absolute Gasteiger partial charge is 0.340 e. The van der Waals surface area contributed by atoms with Crippen molar-refractivity contribution in [2.45, 2.75) is 26.7 Å². The number of aromatic nitrogens is 2. The lowest BCUT2D eigenvalue weighted by Gasteiger charge is -2.10. The van der Waals surface area contributed by atoms with E-state index in [0.29, 0.717) is 16.0 Å². The van der Waals surface area contributed by atoms with E-state index in [9.17, 15) is 0 Å². The molecule has 0 aliphatic rings. The molecule has 0 atom stereocenters. The Labute approximate surface area is 123 Å². The summed E-state index contributed by atoms with van der Waals surface area (Å²) in [5.74, 6) is 1.44. The van der Waals surface area contributed by atoms with Crippen molar-refractivity contribution in [2.75, 3.05) is 5.32 Å². The van der Waals surface area contributed by atoms with E-state index in [1.165, 1.54) is 0 Å². The molecule has 0 aliphatic heterocycles. The number of halogens is 2. The summed E-state index contributed by atoms with van der Waals surface area (Å²) in [6.45, 7) is 4.09. The first-order valence-electron chi connectivity index (χ1n) is 6.15. The lowest BCUT2D eigenvalue weighted by atomic mass is 10.2. The van der Waals surface area contributed by atoms with Crippen LogP contribution < -0.4 is 5.32 Å². The highest BCUT2D eigenvalue weighted by Crippen LogP contribution is 2.24. The van der Waals surface area contributed by atoms with Crippen molar-refractivity contribution in [2.24, 2.45) is 0 Å². The van der Waals surface area contributed by atoms with Crippen molar-refractivity contribution >= 4 is 34.7 Å². The molecule has 0 unspecified atom stereocenters. The Morgan fingerprint density at radius 3 is 2.68 bits per heavy atom. The van der Waals surface area contributed by atoms with Gasteiger partial charge < -0.3 is 5.32 Å². The van der Waals surface area contributed by atoms with Crippen LogP contribution in [0.1, 0.15) is 24.7 Å². The van der Waals surface area contributed by atoms with E-state index in [-0.39, 0.29) is 0 Å². The molecule has 1 heterocycles. The third-order valence-electron chi connectivity index (χ3n) is 2.68. The fourth-order valence-electron chi connectivity index (χ4n) is 1.73. The van der Waals surface area contributed by atoms with Crippen LogP contribution in [0.2, 0.25) is 10.2 Å². The van der Waals surface area contributed by atoms with Gasteiger partial charge in [0, 0.05) is 23.2 Å². The smallest absolute Gasteiger partial charge is 0.135 e. The van der Waals surface area contributed by atoms with Gasteiger partial charge in [0.15, 0.2) is 0 Å². The third kappa shape index (κ3) is 3.82. The summed E-state index contributed by atoms with van der Waals surface area (Å²) >= 11 is 12.0. The fraction of sp³-hybridized carbons (Fsp3) is 0.286. The highest BCUT2D eigenvalue weighted by atomic mass is 35.5. The molecule has 0 spiro atoms. The molecular formula is C14H15Cl2N3. The van der Waals surface area contributed by atoms with E-state index in [4.69, 9.17) is 23.2 Å². The van der Waals surface area contributed by atoms with Gasteiger partial charge in [-0.05, 0) is 31.0 Å². The number of hydrogen-bond donors (Lipinski definition) is 1. The summed E-state index contributed by atoms with van der Waals surface area (Å²) in [6.07, 6.45) is 1.79. The number of hydrogen-bond acceptors (Lipinski definition) is 3. The predicted molar refractivity (Wildman–Crippen MR) is 80.5 cm³/mol. The van der Waals surface area contributed by atoms with Gasteiger partial charge in [0.1, 0.15) is 16.8 Å². The Bertz CT molecular complexity index is 585. The van der Waals surface area contributed by atoms with Gasteiger partial charge in [-0.2, -0.15) is 0 Å². The van der Waals surface area contributed by atoms with Crippen LogP contribution in [0.3, 0.4) is 0 Å². The molecule has 1 aromatic heterocycles. The van der Waals surface area contributed by atoms with Crippen molar-refractivity contribution in [3.05, 3.63) is 45.8 Å². The maximum atomic E-state index is 6.01. The van der Waals surface area contributed by atoms with E-state index in [1.807, 2.05) is 25.1 Å². The summed E-state index contributed by atoms with van der Waals surface area (Å²) in [5, 5.41) is 4.36. The van der Waals surface area contributed by atoms with E-state index < -0.39 is 0 Å². The Morgan fingerprint density at radius 2 is 1.95 bits per heavy atom. The molecule has 1 aromatic carbocycles. The summed E-state index contributed by atoms with van der Waals surface area (Å²) in [6, 6.07) is 7.39. The van der Waals surface area contributed by atoms with Crippen LogP contribution in [0.5, 0.6) is 0 Å². The summed E-state index contributed by atoms with van der Waals surface area (Å²) in [4.78, 5) is 8.63. The van der Waals surface area contributed by atoms with E-state index in [1.54, 1.807) is 6.07 Å². The van der Waals surface area contributed by atoms with Crippen LogP contribution in [0, 0.1) is 6.92 Å². The third-order valence-corrected chi connectivity index (χ3v) is 3.11. The number of rotatable bonds is 4. The SMILES string of the molecule is CCCc1nc(Cl)cc(Nc2cc(Cl)ccc2C)n1. The van der Waals surface area contributed by atoms with Crippen LogP contribution in [0.25, 0.3) is 0 Å². The highest BCUT2D eigenvalue weighted by Gasteiger charge is 2.05. The van der Waals surface area contributed by atoms with Gasteiger partial charge in [-0.1, -0.05) is 36.2 Å². The molecule has 0 radical (unpaired) electrons. The minimum absolute atomic E-state index is 0.445. The minimum atomic E-state index is 0.445. The molecule has 100 valence electrons. The summed E-state index contributed by atoms with van der Waals surface area (Å²) in [5.41, 5.74) is 2.01. The second-order valence-corrected chi connectivity index (χ2v) is 5.15. The molecule has 0 bridgehead atoms. The first kappa shape index (κ1) is 14.1. The number of benzene rings is 1. The molecule has 2 aromatic rings. The fourth-order valence-corrected chi connectivity index (χ4v) is 2.10. The lowest BCUT2D eigenvalue weighted by molar-refractivity contribution is 0.837. The Balaban J connectivity index is 2.29. The number of nitrogens with one attached hydrogen (secondary N) is 1. The number of nitrogens with zero attached hydrogens (tertiary/aromatic N) is 2. The minimum Gasteiger partial charge on any atom is -0.340 e. The van der Waals surface area contributed by atoms with Crippen LogP contribution in [-0.4, -0.2) is 9.97 Å². The van der Waals surface area contributed by atoms with Crippen LogP contribution >= 0.6 is 23.2 Å². The molecule has 0 amide bonds. The number of anilines is 2. The zero-order valence-corrected chi connectivity index (χ0v) is 12.4. The van der Waals surface area contributed by atoms with Crippen molar-refractivity contribution in [1.29, 1.82) is 0 Å². The van der Waals surface area contributed by atoms with Crippen LogP contribution in [0.4, 0.5) is 11.5 Å². The summed E-state index contributed by atoms with van der Waals surface area (Å²) in [7, 11) is 0. The molecule has 5 heteroatoms. The quantitative estimate of drug-likeness (QED) is 0.824. The van der Waals surface area contributed by atoms with E-state index >= 15 is 0 Å². The maximum Gasteiger partial charge on any atom is 0.135 e. The van der Waals surface area contributed by atoms with Gasteiger partial charge in [0.05, 0.1) is 0 Å². The number of aryl methyl sites for hydroxylation is 2. The zero-order chi connectivity index (χ0) is 13.8. The predicted octanol–water partition coefficient (Wildman–Crippen LogP) is 4.79. The Morgan fingerprint density at radius 1 is 1.16 bits per heavy atom. The molecule has 0 saturated heterocycles. The van der Waals surface area contributed by atoms with Gasteiger partial charge in [-0.15, -0.1) is 0 Å². The Hall–Kier alpha value is -1.32. The second-order valence-electron chi connectivity index (χ2n) is 4.33. The van der Waals surface area contributed by atoms with Gasteiger partial charge in [0.25, 0.3) is 0 Å². The molecule has 0 saturated carbocycles. The van der Waals surface area contributed by atoms with Gasteiger partial charge in [-0.25, -0.2) is 9.97 Å². The standard InChI is InChI=1S/C14H15Cl2N3/c1-3-4-13-18-12(16)8-14(19-13)17-11-7-10(15)6-5-9(11)2/h5-8H,3-4H2,1-2H3,(H,17,18,19).